The zero-order valence-corrected chi connectivity index (χ0v) is 12.6. The lowest BCUT2D eigenvalue weighted by atomic mass is 10.1. The Kier molecular flexibility index (Phi) is 4.01. The number of nitrogens with zero attached hydrogens (tertiary/aromatic N) is 1. The van der Waals surface area contributed by atoms with Gasteiger partial charge in [-0.25, -0.2) is 0 Å². The van der Waals surface area contributed by atoms with E-state index in [9.17, 15) is 4.79 Å². The first-order valence-electron chi connectivity index (χ1n) is 7.49. The fourth-order valence-corrected chi connectivity index (χ4v) is 2.53. The minimum atomic E-state index is -0.358. The van der Waals surface area contributed by atoms with Gasteiger partial charge >= 0.3 is 0 Å². The van der Waals surface area contributed by atoms with Crippen molar-refractivity contribution in [1.82, 2.24) is 10.2 Å². The molecule has 5 nitrogen and oxygen atoms in total. The maximum Gasteiger partial charge on any atom is 0.263 e. The van der Waals surface area contributed by atoms with Crippen LogP contribution in [0.3, 0.4) is 0 Å². The van der Waals surface area contributed by atoms with Crippen molar-refractivity contribution in [3.8, 4) is 11.5 Å². The number of ether oxygens (including phenoxy) is 2. The lowest BCUT2D eigenvalue weighted by molar-refractivity contribution is -0.132. The van der Waals surface area contributed by atoms with Crippen LogP contribution < -0.4 is 14.8 Å². The number of likely N-dealkylation sites (N-methyl/N-ethyl adjacent to an activating group) is 1. The number of carbonyl (C=O) groups is 1. The van der Waals surface area contributed by atoms with Crippen molar-refractivity contribution in [3.05, 3.63) is 23.8 Å². The van der Waals surface area contributed by atoms with E-state index >= 15 is 0 Å². The summed E-state index contributed by atoms with van der Waals surface area (Å²) in [6, 6.07) is 6.38. The standard InChI is InChI=1S/C16H22N2O3/c1-18-8-7-15(16(18)19)21-14-6-5-13(20-2)9-11(14)10-17-12-3-4-12/h5-6,9,12,15,17H,3-4,7-8,10H2,1-2H3. The summed E-state index contributed by atoms with van der Waals surface area (Å²) < 4.78 is 11.2. The van der Waals surface area contributed by atoms with Crippen molar-refractivity contribution >= 4 is 5.91 Å². The predicted molar refractivity (Wildman–Crippen MR) is 79.5 cm³/mol. The molecule has 1 aromatic carbocycles. The van der Waals surface area contributed by atoms with Crippen molar-refractivity contribution < 1.29 is 14.3 Å². The third-order valence-corrected chi connectivity index (χ3v) is 4.07. The van der Waals surface area contributed by atoms with Crippen LogP contribution in [0.4, 0.5) is 0 Å². The van der Waals surface area contributed by atoms with Gasteiger partial charge in [-0.3, -0.25) is 4.79 Å². The van der Waals surface area contributed by atoms with Gasteiger partial charge in [-0.05, 0) is 31.0 Å². The summed E-state index contributed by atoms with van der Waals surface area (Å²) in [6.07, 6.45) is 2.87. The van der Waals surface area contributed by atoms with Gasteiger partial charge in [0.05, 0.1) is 7.11 Å². The van der Waals surface area contributed by atoms with Crippen LogP contribution >= 0.6 is 0 Å². The lowest BCUT2D eigenvalue weighted by Gasteiger charge is -2.17. The molecule has 1 saturated heterocycles. The van der Waals surface area contributed by atoms with E-state index in [0.29, 0.717) is 6.04 Å². The Labute approximate surface area is 125 Å². The van der Waals surface area contributed by atoms with Crippen LogP contribution in [0.25, 0.3) is 0 Å². The van der Waals surface area contributed by atoms with Crippen LogP contribution in [-0.4, -0.2) is 43.7 Å². The van der Waals surface area contributed by atoms with Crippen molar-refractivity contribution in [2.24, 2.45) is 0 Å². The molecule has 0 spiro atoms. The Morgan fingerprint density at radius 2 is 2.14 bits per heavy atom. The number of carbonyl (C=O) groups excluding carboxylic acids is 1. The van der Waals surface area contributed by atoms with Crippen LogP contribution in [0.5, 0.6) is 11.5 Å². The molecule has 2 fully saturated rings. The van der Waals surface area contributed by atoms with E-state index in [2.05, 4.69) is 5.32 Å². The predicted octanol–water partition coefficient (Wildman–Crippen LogP) is 1.56. The smallest absolute Gasteiger partial charge is 0.263 e. The highest BCUT2D eigenvalue weighted by Gasteiger charge is 2.31. The van der Waals surface area contributed by atoms with E-state index in [0.717, 1.165) is 36.6 Å². The number of nitrogens with one attached hydrogen (secondary N) is 1. The molecule has 0 bridgehead atoms. The third kappa shape index (κ3) is 3.29. The highest BCUT2D eigenvalue weighted by atomic mass is 16.5. The Hall–Kier alpha value is -1.75. The fraction of sp³-hybridized carbons (Fsp3) is 0.562. The van der Waals surface area contributed by atoms with Gasteiger partial charge < -0.3 is 19.7 Å². The van der Waals surface area contributed by atoms with Gasteiger partial charge in [-0.15, -0.1) is 0 Å². The van der Waals surface area contributed by atoms with Gasteiger partial charge in [-0.1, -0.05) is 0 Å². The summed E-state index contributed by atoms with van der Waals surface area (Å²) in [5.41, 5.74) is 1.05. The molecule has 114 valence electrons. The molecule has 1 aliphatic carbocycles. The molecule has 0 radical (unpaired) electrons. The molecule has 3 rings (SSSR count). The molecule has 1 amide bonds. The molecule has 1 aliphatic heterocycles. The van der Waals surface area contributed by atoms with Gasteiger partial charge in [0.25, 0.3) is 5.91 Å². The number of methoxy groups -OCH3 is 1. The van der Waals surface area contributed by atoms with E-state index in [1.54, 1.807) is 12.0 Å². The van der Waals surface area contributed by atoms with Crippen LogP contribution in [0.2, 0.25) is 0 Å². The Balaban J connectivity index is 1.74. The number of benzene rings is 1. The summed E-state index contributed by atoms with van der Waals surface area (Å²) in [5, 5.41) is 3.48. The quantitative estimate of drug-likeness (QED) is 0.864. The summed E-state index contributed by atoms with van der Waals surface area (Å²) in [5.74, 6) is 1.65. The van der Waals surface area contributed by atoms with Crippen LogP contribution in [0.15, 0.2) is 18.2 Å². The number of rotatable bonds is 6. The molecule has 5 heteroatoms. The molecule has 0 aromatic heterocycles. The number of hydrogen-bond acceptors (Lipinski definition) is 4. The molecular weight excluding hydrogens is 268 g/mol. The number of likely N-dealkylation sites (tertiary alicyclic amines) is 1. The number of hydrogen-bond donors (Lipinski definition) is 1. The summed E-state index contributed by atoms with van der Waals surface area (Å²) in [4.78, 5) is 13.7. The monoisotopic (exact) mass is 290 g/mol. The summed E-state index contributed by atoms with van der Waals surface area (Å²) in [7, 11) is 3.47. The van der Waals surface area contributed by atoms with Crippen molar-refractivity contribution in [2.45, 2.75) is 38.0 Å². The van der Waals surface area contributed by atoms with Gasteiger partial charge in [0.1, 0.15) is 11.5 Å². The minimum absolute atomic E-state index is 0.0620. The van der Waals surface area contributed by atoms with E-state index in [1.165, 1.54) is 12.8 Å². The van der Waals surface area contributed by atoms with Crippen molar-refractivity contribution in [3.63, 3.8) is 0 Å². The minimum Gasteiger partial charge on any atom is -0.497 e. The molecule has 1 atom stereocenters. The Morgan fingerprint density at radius 3 is 2.76 bits per heavy atom. The van der Waals surface area contributed by atoms with E-state index in [-0.39, 0.29) is 12.0 Å². The van der Waals surface area contributed by atoms with E-state index in [4.69, 9.17) is 9.47 Å². The average Bonchev–Trinajstić information content (AvgIpc) is 3.28. The van der Waals surface area contributed by atoms with Gasteiger partial charge in [0.2, 0.25) is 0 Å². The number of amides is 1. The van der Waals surface area contributed by atoms with E-state index < -0.39 is 0 Å². The van der Waals surface area contributed by atoms with Gasteiger partial charge in [0.15, 0.2) is 6.10 Å². The lowest BCUT2D eigenvalue weighted by Crippen LogP contribution is -2.29. The Bertz CT molecular complexity index is 528. The molecule has 1 unspecified atom stereocenters. The second kappa shape index (κ2) is 5.93. The first kappa shape index (κ1) is 14.2. The van der Waals surface area contributed by atoms with Crippen molar-refractivity contribution in [1.29, 1.82) is 0 Å². The fourth-order valence-electron chi connectivity index (χ4n) is 2.53. The van der Waals surface area contributed by atoms with Crippen LogP contribution in [-0.2, 0) is 11.3 Å². The first-order chi connectivity index (χ1) is 10.2. The molecule has 1 saturated carbocycles. The zero-order valence-electron chi connectivity index (χ0n) is 12.6. The second-order valence-corrected chi connectivity index (χ2v) is 5.78. The SMILES string of the molecule is COc1ccc(OC2CCN(C)C2=O)c(CNC2CC2)c1. The average molecular weight is 290 g/mol. The van der Waals surface area contributed by atoms with Gasteiger partial charge in [0, 0.05) is 38.2 Å². The molecule has 1 aromatic rings. The van der Waals surface area contributed by atoms with E-state index in [1.807, 2.05) is 25.2 Å². The third-order valence-electron chi connectivity index (χ3n) is 4.07. The molecule has 2 aliphatic rings. The second-order valence-electron chi connectivity index (χ2n) is 5.78. The van der Waals surface area contributed by atoms with Crippen molar-refractivity contribution in [2.75, 3.05) is 20.7 Å². The molecule has 1 heterocycles. The Morgan fingerprint density at radius 1 is 1.33 bits per heavy atom. The molecule has 21 heavy (non-hydrogen) atoms. The first-order valence-corrected chi connectivity index (χ1v) is 7.49. The topological polar surface area (TPSA) is 50.8 Å². The molecular formula is C16H22N2O3. The van der Waals surface area contributed by atoms with Gasteiger partial charge in [-0.2, -0.15) is 0 Å². The summed E-state index contributed by atoms with van der Waals surface area (Å²) >= 11 is 0. The highest BCUT2D eigenvalue weighted by molar-refractivity contribution is 5.83. The maximum absolute atomic E-state index is 12.0. The largest absolute Gasteiger partial charge is 0.497 e. The van der Waals surface area contributed by atoms with Crippen LogP contribution in [0.1, 0.15) is 24.8 Å². The maximum atomic E-state index is 12.0. The normalized spacial score (nSPS) is 21.7. The molecule has 1 N–H and O–H groups in total. The zero-order chi connectivity index (χ0) is 14.8. The highest BCUT2D eigenvalue weighted by Crippen LogP contribution is 2.28. The van der Waals surface area contributed by atoms with Crippen LogP contribution in [0, 0.1) is 0 Å². The summed E-state index contributed by atoms with van der Waals surface area (Å²) in [6.45, 7) is 1.50.